The van der Waals surface area contributed by atoms with Gasteiger partial charge in [-0.1, -0.05) is 60.7 Å². The molecule has 0 aliphatic rings. The van der Waals surface area contributed by atoms with Gasteiger partial charge in [0.1, 0.15) is 5.71 Å². The molecular weight excluding hydrogens is 340 g/mol. The molecule has 134 valence electrons. The minimum absolute atomic E-state index is 0.0439. The van der Waals surface area contributed by atoms with Crippen molar-refractivity contribution < 1.29 is 14.6 Å². The summed E-state index contributed by atoms with van der Waals surface area (Å²) in [5, 5.41) is 17.9. The summed E-state index contributed by atoms with van der Waals surface area (Å²) in [6.45, 7) is 0. The van der Waals surface area contributed by atoms with Gasteiger partial charge in [-0.25, -0.2) is 0 Å². The Morgan fingerprint density at radius 3 is 2.19 bits per heavy atom. The molecule has 0 saturated heterocycles. The van der Waals surface area contributed by atoms with Crippen LogP contribution in [0.1, 0.15) is 21.5 Å². The molecule has 0 aliphatic heterocycles. The number of ether oxygens (including phenoxy) is 1. The molecule has 3 aromatic carbocycles. The topological polar surface area (TPSA) is 71.2 Å². The van der Waals surface area contributed by atoms with Crippen molar-refractivity contribution in [3.8, 4) is 11.5 Å². The molecule has 0 bridgehead atoms. The van der Waals surface area contributed by atoms with E-state index in [4.69, 9.17) is 4.74 Å². The second-order valence-electron chi connectivity index (χ2n) is 5.69. The number of carbonyl (C=O) groups excluding carboxylic acids is 1. The van der Waals surface area contributed by atoms with E-state index in [1.807, 2.05) is 48.5 Å². The van der Waals surface area contributed by atoms with Crippen LogP contribution in [-0.4, -0.2) is 29.9 Å². The third-order valence-corrected chi connectivity index (χ3v) is 3.87. The monoisotopic (exact) mass is 358 g/mol. The Morgan fingerprint density at radius 2 is 1.56 bits per heavy atom. The van der Waals surface area contributed by atoms with Crippen LogP contribution in [0.3, 0.4) is 0 Å². The molecule has 0 aromatic heterocycles. The molecule has 0 heterocycles. The fourth-order valence-corrected chi connectivity index (χ4v) is 2.48. The van der Waals surface area contributed by atoms with E-state index in [9.17, 15) is 9.90 Å². The molecule has 5 nitrogen and oxygen atoms in total. The number of methoxy groups -OCH3 is 1. The molecule has 0 atom stereocenters. The summed E-state index contributed by atoms with van der Waals surface area (Å²) in [7, 11) is 1.47. The lowest BCUT2D eigenvalue weighted by Gasteiger charge is -2.05. The first-order valence-corrected chi connectivity index (χ1v) is 8.32. The number of carbonyl (C=O) groups is 1. The molecule has 0 amide bonds. The average molecular weight is 358 g/mol. The number of ketones is 1. The number of Topliss-reactive ketones (excluding diaryl/α,β-unsaturated/α-hetero) is 1. The smallest absolute Gasteiger partial charge is 0.213 e. The number of nitrogens with zero attached hydrogens (tertiary/aromatic N) is 2. The molecule has 0 fully saturated rings. The Bertz CT molecular complexity index is 981. The average Bonchev–Trinajstić information content (AvgIpc) is 2.73. The molecule has 3 rings (SSSR count). The molecule has 3 aromatic rings. The van der Waals surface area contributed by atoms with Gasteiger partial charge in [0.15, 0.2) is 11.5 Å². The Kier molecular flexibility index (Phi) is 5.74. The fourth-order valence-electron chi connectivity index (χ4n) is 2.48. The van der Waals surface area contributed by atoms with Crippen LogP contribution in [0.15, 0.2) is 89.1 Å². The highest BCUT2D eigenvalue weighted by Crippen LogP contribution is 2.25. The first-order chi connectivity index (χ1) is 13.2. The Hall–Kier alpha value is -3.73. The van der Waals surface area contributed by atoms with E-state index in [1.54, 1.807) is 24.3 Å². The van der Waals surface area contributed by atoms with Gasteiger partial charge in [0, 0.05) is 11.1 Å². The molecule has 0 spiro atoms. The van der Waals surface area contributed by atoms with Crippen LogP contribution in [0.2, 0.25) is 0 Å². The molecule has 1 N–H and O–H groups in total. The highest BCUT2D eigenvalue weighted by molar-refractivity contribution is 6.51. The number of phenolic OH excluding ortho intramolecular Hbond substituents is 1. The standard InChI is InChI=1S/C22H18N2O3/c1-27-20-14-16(12-13-19(20)25)15-23-24-21(17-8-4-2-5-9-17)22(26)18-10-6-3-7-11-18/h2-15,25H,1H3/b23-15+,24-21-. The molecule has 0 aliphatic carbocycles. The van der Waals surface area contributed by atoms with Crippen molar-refractivity contribution in [2.24, 2.45) is 10.2 Å². The number of rotatable bonds is 6. The Morgan fingerprint density at radius 1 is 0.926 bits per heavy atom. The van der Waals surface area contributed by atoms with E-state index in [0.717, 1.165) is 0 Å². The van der Waals surface area contributed by atoms with E-state index in [-0.39, 0.29) is 17.2 Å². The van der Waals surface area contributed by atoms with Crippen molar-refractivity contribution in [3.05, 3.63) is 95.6 Å². The summed E-state index contributed by atoms with van der Waals surface area (Å²) in [6.07, 6.45) is 1.50. The molecule has 27 heavy (non-hydrogen) atoms. The van der Waals surface area contributed by atoms with E-state index in [0.29, 0.717) is 22.4 Å². The van der Waals surface area contributed by atoms with Crippen LogP contribution in [-0.2, 0) is 0 Å². The maximum Gasteiger partial charge on any atom is 0.213 e. The lowest BCUT2D eigenvalue weighted by Crippen LogP contribution is -2.15. The summed E-state index contributed by atoms with van der Waals surface area (Å²) in [5.41, 5.74) is 2.17. The number of hydrogen-bond acceptors (Lipinski definition) is 5. The normalized spacial score (nSPS) is 11.5. The predicted octanol–water partition coefficient (Wildman–Crippen LogP) is 4.11. The van der Waals surface area contributed by atoms with Crippen LogP contribution in [0.5, 0.6) is 11.5 Å². The molecule has 0 radical (unpaired) electrons. The van der Waals surface area contributed by atoms with Gasteiger partial charge in [0.05, 0.1) is 13.3 Å². The summed E-state index contributed by atoms with van der Waals surface area (Å²) >= 11 is 0. The van der Waals surface area contributed by atoms with Crippen molar-refractivity contribution in [2.45, 2.75) is 0 Å². The van der Waals surface area contributed by atoms with Gasteiger partial charge in [-0.3, -0.25) is 4.79 Å². The van der Waals surface area contributed by atoms with Crippen LogP contribution < -0.4 is 4.74 Å². The number of benzene rings is 3. The summed E-state index contributed by atoms with van der Waals surface area (Å²) in [5.74, 6) is 0.177. The van der Waals surface area contributed by atoms with Gasteiger partial charge in [-0.15, -0.1) is 5.10 Å². The first kappa shape index (κ1) is 18.1. The van der Waals surface area contributed by atoms with Gasteiger partial charge < -0.3 is 9.84 Å². The summed E-state index contributed by atoms with van der Waals surface area (Å²) < 4.78 is 5.08. The van der Waals surface area contributed by atoms with Crippen molar-refractivity contribution in [2.75, 3.05) is 7.11 Å². The first-order valence-electron chi connectivity index (χ1n) is 8.32. The summed E-state index contributed by atoms with van der Waals surface area (Å²) in [4.78, 5) is 12.9. The van der Waals surface area contributed by atoms with Crippen LogP contribution in [0.25, 0.3) is 0 Å². The minimum atomic E-state index is -0.206. The zero-order chi connectivity index (χ0) is 19.1. The van der Waals surface area contributed by atoms with E-state index < -0.39 is 0 Å². The van der Waals surface area contributed by atoms with E-state index >= 15 is 0 Å². The fraction of sp³-hybridized carbons (Fsp3) is 0.0455. The van der Waals surface area contributed by atoms with Gasteiger partial charge in [0.25, 0.3) is 0 Å². The SMILES string of the molecule is COc1cc(/C=N/N=C(\C(=O)c2ccccc2)c2ccccc2)ccc1O. The molecular formula is C22H18N2O3. The van der Waals surface area contributed by atoms with Crippen molar-refractivity contribution in [1.29, 1.82) is 0 Å². The Balaban J connectivity index is 1.94. The zero-order valence-electron chi connectivity index (χ0n) is 14.7. The van der Waals surface area contributed by atoms with Gasteiger partial charge in [-0.2, -0.15) is 5.10 Å². The van der Waals surface area contributed by atoms with Crippen LogP contribution >= 0.6 is 0 Å². The minimum Gasteiger partial charge on any atom is -0.504 e. The van der Waals surface area contributed by atoms with Crippen molar-refractivity contribution in [3.63, 3.8) is 0 Å². The maximum absolute atomic E-state index is 12.9. The molecule has 5 heteroatoms. The second-order valence-corrected chi connectivity index (χ2v) is 5.69. The van der Waals surface area contributed by atoms with E-state index in [2.05, 4.69) is 10.2 Å². The van der Waals surface area contributed by atoms with Crippen molar-refractivity contribution >= 4 is 17.7 Å². The highest BCUT2D eigenvalue weighted by Gasteiger charge is 2.16. The second kappa shape index (κ2) is 8.58. The predicted molar refractivity (Wildman–Crippen MR) is 106 cm³/mol. The molecule has 0 saturated carbocycles. The maximum atomic E-state index is 12.9. The number of aromatic hydroxyl groups is 1. The van der Waals surface area contributed by atoms with Gasteiger partial charge in [-0.05, 0) is 23.8 Å². The van der Waals surface area contributed by atoms with Crippen LogP contribution in [0, 0.1) is 0 Å². The highest BCUT2D eigenvalue weighted by atomic mass is 16.5. The Labute approximate surface area is 157 Å². The lowest BCUT2D eigenvalue weighted by molar-refractivity contribution is 0.106. The van der Waals surface area contributed by atoms with Crippen molar-refractivity contribution in [1.82, 2.24) is 0 Å². The largest absolute Gasteiger partial charge is 0.504 e. The lowest BCUT2D eigenvalue weighted by atomic mass is 10.0. The quantitative estimate of drug-likeness (QED) is 0.409. The number of hydrogen-bond donors (Lipinski definition) is 1. The van der Waals surface area contributed by atoms with Gasteiger partial charge in [0.2, 0.25) is 5.78 Å². The van der Waals surface area contributed by atoms with Crippen LogP contribution in [0.4, 0.5) is 0 Å². The van der Waals surface area contributed by atoms with E-state index in [1.165, 1.54) is 19.4 Å². The third-order valence-electron chi connectivity index (χ3n) is 3.87. The summed E-state index contributed by atoms with van der Waals surface area (Å²) in [6, 6.07) is 23.0. The number of phenols is 1. The zero-order valence-corrected chi connectivity index (χ0v) is 14.7. The third kappa shape index (κ3) is 4.46. The van der Waals surface area contributed by atoms with Gasteiger partial charge >= 0.3 is 0 Å². The molecule has 0 unspecified atom stereocenters.